The summed E-state index contributed by atoms with van der Waals surface area (Å²) in [5.74, 6) is 1.15. The molecule has 0 aliphatic heterocycles. The average molecular weight is 325 g/mol. The lowest BCUT2D eigenvalue weighted by molar-refractivity contribution is -0.304. The predicted octanol–water partition coefficient (Wildman–Crippen LogP) is 3.06. The molecule has 22 heavy (non-hydrogen) atoms. The smallest absolute Gasteiger partial charge is 0.132 e. The largest absolute Gasteiger partial charge is 0.550 e. The molecule has 0 N–H and O–H groups in total. The maximum absolute atomic E-state index is 10.8. The van der Waals surface area contributed by atoms with Gasteiger partial charge in [-0.05, 0) is 24.3 Å². The van der Waals surface area contributed by atoms with Gasteiger partial charge >= 0.3 is 0 Å². The molecule has 0 saturated heterocycles. The lowest BCUT2D eigenvalue weighted by atomic mass is 10.1. The minimum atomic E-state index is -1.13. The average Bonchev–Trinajstić information content (AvgIpc) is 2.50. The summed E-state index contributed by atoms with van der Waals surface area (Å²) in [6, 6.07) is 3.59. The van der Waals surface area contributed by atoms with Gasteiger partial charge in [-0.15, -0.1) is 11.8 Å². The summed E-state index contributed by atoms with van der Waals surface area (Å²) in [4.78, 5) is 11.8. The van der Waals surface area contributed by atoms with Crippen LogP contribution < -0.4 is 14.6 Å². The molecule has 0 aliphatic carbocycles. The molecule has 1 aromatic rings. The highest BCUT2D eigenvalue weighted by Gasteiger charge is 2.12. The number of ether oxygens (including phenoxy) is 2. The van der Waals surface area contributed by atoms with E-state index in [-0.39, 0.29) is 6.42 Å². The normalized spacial score (nSPS) is 10.5. The summed E-state index contributed by atoms with van der Waals surface area (Å²) in [5.41, 5.74) is 0.576. The van der Waals surface area contributed by atoms with Gasteiger partial charge in [-0.3, -0.25) is 0 Å². The Morgan fingerprint density at radius 1 is 1.09 bits per heavy atom. The molecule has 124 valence electrons. The summed E-state index contributed by atoms with van der Waals surface area (Å²) in [7, 11) is 3.13. The molecule has 0 fully saturated rings. The molecule has 0 saturated carbocycles. The zero-order chi connectivity index (χ0) is 16.4. The Labute approximate surface area is 137 Å². The molecule has 0 bridgehead atoms. The van der Waals surface area contributed by atoms with E-state index in [4.69, 9.17) is 9.47 Å². The van der Waals surface area contributed by atoms with E-state index in [0.717, 1.165) is 17.1 Å². The molecule has 0 amide bonds. The molecule has 0 radical (unpaired) electrons. The molecule has 0 spiro atoms. The molecule has 0 heterocycles. The van der Waals surface area contributed by atoms with E-state index in [9.17, 15) is 9.90 Å². The summed E-state index contributed by atoms with van der Waals surface area (Å²) < 4.78 is 10.7. The molecule has 0 unspecified atom stereocenters. The summed E-state index contributed by atoms with van der Waals surface area (Å²) >= 11 is 1.72. The second-order valence-corrected chi connectivity index (χ2v) is 6.26. The molecule has 5 heteroatoms. The Balaban J connectivity index is 2.70. The third-order valence-corrected chi connectivity index (χ3v) is 4.53. The molecular formula is C17H25O4S-. The standard InChI is InChI=1S/C17H26O4S/c1-4-5-6-7-8-9-22-16-12-14(20-2)13(11-17(18)19)10-15(16)21-3/h10,12H,4-9,11H2,1-3H3,(H,18,19)/p-1. The number of unbranched alkanes of at least 4 members (excludes halogenated alkanes) is 4. The maximum atomic E-state index is 10.8. The van der Waals surface area contributed by atoms with Crippen LogP contribution in [0.3, 0.4) is 0 Å². The Morgan fingerprint density at radius 2 is 1.77 bits per heavy atom. The van der Waals surface area contributed by atoms with Crippen molar-refractivity contribution in [2.75, 3.05) is 20.0 Å². The van der Waals surface area contributed by atoms with Crippen LogP contribution in [-0.4, -0.2) is 25.9 Å². The molecule has 0 aliphatic rings. The first kappa shape index (κ1) is 18.7. The number of rotatable bonds is 11. The molecule has 1 rings (SSSR count). The highest BCUT2D eigenvalue weighted by molar-refractivity contribution is 7.99. The number of carbonyl (C=O) groups is 1. The van der Waals surface area contributed by atoms with E-state index in [0.29, 0.717) is 17.1 Å². The number of carboxylic acids is 1. The zero-order valence-corrected chi connectivity index (χ0v) is 14.5. The second kappa shape index (κ2) is 10.4. The predicted molar refractivity (Wildman–Crippen MR) is 87.7 cm³/mol. The van der Waals surface area contributed by atoms with Crippen LogP contribution in [0.5, 0.6) is 11.5 Å². The number of hydrogen-bond acceptors (Lipinski definition) is 5. The van der Waals surface area contributed by atoms with E-state index < -0.39 is 5.97 Å². The van der Waals surface area contributed by atoms with Crippen molar-refractivity contribution in [3.05, 3.63) is 17.7 Å². The van der Waals surface area contributed by atoms with Gasteiger partial charge in [0.15, 0.2) is 0 Å². The van der Waals surface area contributed by atoms with E-state index in [1.165, 1.54) is 25.7 Å². The van der Waals surface area contributed by atoms with Crippen molar-refractivity contribution in [1.82, 2.24) is 0 Å². The Hall–Kier alpha value is -1.36. The number of carboxylic acid groups (broad SMARTS) is 1. The van der Waals surface area contributed by atoms with Gasteiger partial charge in [0.25, 0.3) is 0 Å². The van der Waals surface area contributed by atoms with Crippen LogP contribution in [0.25, 0.3) is 0 Å². The van der Waals surface area contributed by atoms with Crippen LogP contribution in [0.15, 0.2) is 17.0 Å². The van der Waals surface area contributed by atoms with Crippen molar-refractivity contribution < 1.29 is 19.4 Å². The van der Waals surface area contributed by atoms with Crippen LogP contribution in [0, 0.1) is 0 Å². The fraction of sp³-hybridized carbons (Fsp3) is 0.588. The van der Waals surface area contributed by atoms with Gasteiger partial charge in [0, 0.05) is 18.0 Å². The summed E-state index contributed by atoms with van der Waals surface area (Å²) in [6.45, 7) is 2.21. The summed E-state index contributed by atoms with van der Waals surface area (Å²) in [5, 5.41) is 10.8. The third-order valence-electron chi connectivity index (χ3n) is 3.41. The van der Waals surface area contributed by atoms with Gasteiger partial charge in [-0.25, -0.2) is 0 Å². The quantitative estimate of drug-likeness (QED) is 0.462. The van der Waals surface area contributed by atoms with Crippen LogP contribution >= 0.6 is 11.8 Å². The van der Waals surface area contributed by atoms with Gasteiger partial charge in [-0.1, -0.05) is 32.6 Å². The maximum Gasteiger partial charge on any atom is 0.132 e. The third kappa shape index (κ3) is 6.18. The van der Waals surface area contributed by atoms with Gasteiger partial charge in [0.2, 0.25) is 0 Å². The van der Waals surface area contributed by atoms with Crippen molar-refractivity contribution in [1.29, 1.82) is 0 Å². The van der Waals surface area contributed by atoms with Crippen molar-refractivity contribution in [2.45, 2.75) is 50.3 Å². The van der Waals surface area contributed by atoms with E-state index in [2.05, 4.69) is 6.92 Å². The fourth-order valence-electron chi connectivity index (χ4n) is 2.23. The molecule has 0 aromatic heterocycles. The van der Waals surface area contributed by atoms with Crippen molar-refractivity contribution >= 4 is 17.7 Å². The minimum absolute atomic E-state index is 0.179. The van der Waals surface area contributed by atoms with Crippen molar-refractivity contribution in [3.8, 4) is 11.5 Å². The zero-order valence-electron chi connectivity index (χ0n) is 13.6. The molecule has 4 nitrogen and oxygen atoms in total. The lowest BCUT2D eigenvalue weighted by Crippen LogP contribution is -2.24. The van der Waals surface area contributed by atoms with Gasteiger partial charge < -0.3 is 19.4 Å². The number of hydrogen-bond donors (Lipinski definition) is 0. The number of aliphatic carboxylic acids is 1. The highest BCUT2D eigenvalue weighted by Crippen LogP contribution is 2.36. The summed E-state index contributed by atoms with van der Waals surface area (Å²) in [6.07, 6.45) is 6.04. The molecular weight excluding hydrogens is 300 g/mol. The number of thioether (sulfide) groups is 1. The van der Waals surface area contributed by atoms with Crippen molar-refractivity contribution in [3.63, 3.8) is 0 Å². The first-order chi connectivity index (χ1) is 10.6. The Morgan fingerprint density at radius 3 is 2.36 bits per heavy atom. The van der Waals surface area contributed by atoms with Gasteiger partial charge in [0.05, 0.1) is 19.1 Å². The highest BCUT2D eigenvalue weighted by atomic mass is 32.2. The first-order valence-corrected chi connectivity index (χ1v) is 8.68. The molecule has 1 aromatic carbocycles. The first-order valence-electron chi connectivity index (χ1n) is 7.69. The van der Waals surface area contributed by atoms with E-state index >= 15 is 0 Å². The second-order valence-electron chi connectivity index (χ2n) is 5.13. The van der Waals surface area contributed by atoms with Crippen molar-refractivity contribution in [2.24, 2.45) is 0 Å². The Kier molecular flexibility index (Phi) is 8.82. The lowest BCUT2D eigenvalue weighted by Gasteiger charge is -2.15. The van der Waals surface area contributed by atoms with Crippen LogP contribution in [-0.2, 0) is 11.2 Å². The van der Waals surface area contributed by atoms with Crippen LogP contribution in [0.4, 0.5) is 0 Å². The minimum Gasteiger partial charge on any atom is -0.550 e. The number of carbonyl (C=O) groups excluding carboxylic acids is 1. The monoisotopic (exact) mass is 325 g/mol. The van der Waals surface area contributed by atoms with E-state index in [1.54, 1.807) is 32.0 Å². The van der Waals surface area contributed by atoms with Crippen LogP contribution in [0.2, 0.25) is 0 Å². The van der Waals surface area contributed by atoms with Crippen LogP contribution in [0.1, 0.15) is 44.6 Å². The Bertz CT molecular complexity index is 474. The SMILES string of the molecule is CCCCCCCSc1cc(OC)c(CC(=O)[O-])cc1OC. The fourth-order valence-corrected chi connectivity index (χ4v) is 3.27. The number of benzene rings is 1. The van der Waals surface area contributed by atoms with Gasteiger partial charge in [-0.2, -0.15) is 0 Å². The number of methoxy groups -OCH3 is 2. The van der Waals surface area contributed by atoms with E-state index in [1.807, 2.05) is 6.07 Å². The topological polar surface area (TPSA) is 58.6 Å². The van der Waals surface area contributed by atoms with Gasteiger partial charge in [0.1, 0.15) is 11.5 Å². The molecule has 0 atom stereocenters.